The summed E-state index contributed by atoms with van der Waals surface area (Å²) in [5, 5.41) is 10.6. The number of fused-ring (bicyclic) bond motifs is 1. The van der Waals surface area contributed by atoms with Crippen molar-refractivity contribution in [1.82, 2.24) is 19.1 Å². The van der Waals surface area contributed by atoms with E-state index in [1.54, 1.807) is 11.6 Å². The molecule has 0 amide bonds. The summed E-state index contributed by atoms with van der Waals surface area (Å²) >= 11 is 0. The summed E-state index contributed by atoms with van der Waals surface area (Å²) in [5.74, 6) is 1.19. The first kappa shape index (κ1) is 20.7. The van der Waals surface area contributed by atoms with E-state index < -0.39 is 17.4 Å². The van der Waals surface area contributed by atoms with Gasteiger partial charge in [0, 0.05) is 20.1 Å². The second kappa shape index (κ2) is 8.52. The zero-order valence-electron chi connectivity index (χ0n) is 17.2. The number of aryl methyl sites for hydroxylation is 2. The van der Waals surface area contributed by atoms with Gasteiger partial charge in [-0.05, 0) is 32.9 Å². The number of hydrogen-bond acceptors (Lipinski definition) is 6. The summed E-state index contributed by atoms with van der Waals surface area (Å²) in [5.41, 5.74) is 0.606. The number of aromatic amines is 1. The maximum atomic E-state index is 12.5. The molecular weight excluding hydrogens is 374 g/mol. The molecule has 2 N–H and O–H groups in total. The van der Waals surface area contributed by atoms with Crippen molar-refractivity contribution >= 4 is 17.1 Å². The van der Waals surface area contributed by atoms with Gasteiger partial charge in [-0.3, -0.25) is 14.3 Å². The summed E-state index contributed by atoms with van der Waals surface area (Å²) in [6, 6.07) is 7.56. The second-order valence-electron chi connectivity index (χ2n) is 6.96. The van der Waals surface area contributed by atoms with Gasteiger partial charge in [-0.2, -0.15) is 4.98 Å². The molecule has 0 saturated carbocycles. The molecule has 156 valence electrons. The van der Waals surface area contributed by atoms with Gasteiger partial charge in [0.15, 0.2) is 11.2 Å². The van der Waals surface area contributed by atoms with E-state index in [-0.39, 0.29) is 24.3 Å². The molecule has 0 fully saturated rings. The second-order valence-corrected chi connectivity index (χ2v) is 6.96. The molecule has 0 spiro atoms. The molecule has 1 aromatic carbocycles. The highest BCUT2D eigenvalue weighted by Gasteiger charge is 2.22. The number of ether oxygens (including phenoxy) is 1. The number of imidazole rings is 1. The van der Waals surface area contributed by atoms with Gasteiger partial charge < -0.3 is 19.3 Å². The Balaban J connectivity index is 1.94. The molecule has 9 nitrogen and oxygen atoms in total. The van der Waals surface area contributed by atoms with Crippen LogP contribution in [0.4, 0.5) is 5.95 Å². The number of nitrogens with one attached hydrogen (secondary N) is 1. The molecule has 2 heterocycles. The van der Waals surface area contributed by atoms with Gasteiger partial charge in [0.1, 0.15) is 18.5 Å². The van der Waals surface area contributed by atoms with Crippen LogP contribution in [0.25, 0.3) is 11.2 Å². The van der Waals surface area contributed by atoms with Crippen LogP contribution < -0.4 is 20.9 Å². The molecule has 0 radical (unpaired) electrons. The van der Waals surface area contributed by atoms with Crippen molar-refractivity contribution in [2.45, 2.75) is 33.4 Å². The van der Waals surface area contributed by atoms with Crippen LogP contribution in [0.3, 0.4) is 0 Å². The topological polar surface area (TPSA) is 105 Å². The van der Waals surface area contributed by atoms with E-state index in [9.17, 15) is 14.7 Å². The van der Waals surface area contributed by atoms with Gasteiger partial charge in [0.25, 0.3) is 5.56 Å². The average Bonchev–Trinajstić information content (AvgIpc) is 3.06. The van der Waals surface area contributed by atoms with Gasteiger partial charge in [0.2, 0.25) is 5.95 Å². The fourth-order valence-corrected chi connectivity index (χ4v) is 3.23. The minimum atomic E-state index is -0.875. The van der Waals surface area contributed by atoms with Gasteiger partial charge >= 0.3 is 5.69 Å². The number of aliphatic hydroxyl groups excluding tert-OH is 1. The third-order valence-electron chi connectivity index (χ3n) is 4.89. The van der Waals surface area contributed by atoms with Crippen molar-refractivity contribution in [1.29, 1.82) is 0 Å². The molecule has 0 aliphatic heterocycles. The first-order valence-corrected chi connectivity index (χ1v) is 9.67. The van der Waals surface area contributed by atoms with Gasteiger partial charge in [0.05, 0.1) is 6.54 Å². The van der Waals surface area contributed by atoms with E-state index in [0.717, 1.165) is 5.56 Å². The van der Waals surface area contributed by atoms with Gasteiger partial charge in [-0.15, -0.1) is 0 Å². The Morgan fingerprint density at radius 2 is 1.86 bits per heavy atom. The molecule has 0 bridgehead atoms. The number of H-pyrrole nitrogens is 1. The van der Waals surface area contributed by atoms with Crippen LogP contribution in [0, 0.1) is 6.92 Å². The largest absolute Gasteiger partial charge is 0.491 e. The highest BCUT2D eigenvalue weighted by molar-refractivity contribution is 5.74. The van der Waals surface area contributed by atoms with Crippen LogP contribution >= 0.6 is 0 Å². The summed E-state index contributed by atoms with van der Waals surface area (Å²) in [6.07, 6.45) is -0.875. The Morgan fingerprint density at radius 1 is 1.21 bits per heavy atom. The van der Waals surface area contributed by atoms with E-state index in [2.05, 4.69) is 9.97 Å². The van der Waals surface area contributed by atoms with E-state index in [1.807, 2.05) is 49.9 Å². The monoisotopic (exact) mass is 401 g/mol. The van der Waals surface area contributed by atoms with Crippen LogP contribution in [0.2, 0.25) is 0 Å². The molecule has 0 unspecified atom stereocenters. The Hall–Kier alpha value is -3.07. The number of nitrogens with zero attached hydrogens (tertiary/aromatic N) is 4. The molecule has 29 heavy (non-hydrogen) atoms. The maximum Gasteiger partial charge on any atom is 0.329 e. The van der Waals surface area contributed by atoms with Gasteiger partial charge in [-0.1, -0.05) is 17.7 Å². The molecule has 9 heteroatoms. The van der Waals surface area contributed by atoms with Crippen LogP contribution in [0.1, 0.15) is 19.4 Å². The van der Waals surface area contributed by atoms with Crippen LogP contribution in [-0.4, -0.2) is 50.0 Å². The number of hydrogen-bond donors (Lipinski definition) is 2. The molecule has 0 aliphatic carbocycles. The normalized spacial score (nSPS) is 12.3. The fourth-order valence-electron chi connectivity index (χ4n) is 3.23. The molecule has 1 atom stereocenters. The predicted octanol–water partition coefficient (Wildman–Crippen LogP) is 1.02. The minimum Gasteiger partial charge on any atom is -0.491 e. The quantitative estimate of drug-likeness (QED) is 0.584. The van der Waals surface area contributed by atoms with Crippen molar-refractivity contribution in [2.75, 3.05) is 24.6 Å². The predicted molar refractivity (Wildman–Crippen MR) is 112 cm³/mol. The smallest absolute Gasteiger partial charge is 0.329 e. The Morgan fingerprint density at radius 3 is 2.48 bits per heavy atom. The van der Waals surface area contributed by atoms with Crippen molar-refractivity contribution in [2.24, 2.45) is 7.05 Å². The van der Waals surface area contributed by atoms with E-state index in [4.69, 9.17) is 4.74 Å². The fraction of sp³-hybridized carbons (Fsp3) is 0.450. The maximum absolute atomic E-state index is 12.5. The summed E-state index contributed by atoms with van der Waals surface area (Å²) < 4.78 is 8.63. The number of benzene rings is 1. The van der Waals surface area contributed by atoms with Crippen molar-refractivity contribution < 1.29 is 9.84 Å². The van der Waals surface area contributed by atoms with Crippen LogP contribution in [0.15, 0.2) is 33.9 Å². The molecule has 2 aromatic heterocycles. The van der Waals surface area contributed by atoms with E-state index in [0.29, 0.717) is 24.8 Å². The third-order valence-corrected chi connectivity index (χ3v) is 4.89. The third kappa shape index (κ3) is 4.19. The van der Waals surface area contributed by atoms with Crippen molar-refractivity contribution in [3.05, 3.63) is 50.7 Å². The number of aromatic nitrogens is 4. The molecule has 0 saturated heterocycles. The molecule has 3 rings (SSSR count). The lowest BCUT2D eigenvalue weighted by atomic mass is 10.2. The minimum absolute atomic E-state index is 0.0596. The Bertz CT molecular complexity index is 1090. The van der Waals surface area contributed by atoms with Crippen LogP contribution in [-0.2, 0) is 13.6 Å². The SMILES string of the molecule is CCN(CC)c1nc2c(c(=O)[nH]c(=O)n2C)n1C[C@H](O)COc1ccc(C)cc1. The number of aliphatic hydroxyl groups is 1. The summed E-state index contributed by atoms with van der Waals surface area (Å²) in [6.45, 7) is 7.45. The zero-order valence-corrected chi connectivity index (χ0v) is 17.2. The lowest BCUT2D eigenvalue weighted by Gasteiger charge is -2.22. The first-order chi connectivity index (χ1) is 13.8. The Labute approximate surface area is 168 Å². The standard InChI is InChI=1S/C20H27N5O4/c1-5-24(6-2)19-21-17-16(18(27)22-20(28)23(17)4)25(19)11-14(26)12-29-15-9-7-13(3)8-10-15/h7-10,14,26H,5-6,11-12H2,1-4H3,(H,22,27,28)/t14-/m0/s1. The number of anilines is 1. The average molecular weight is 401 g/mol. The van der Waals surface area contributed by atoms with E-state index >= 15 is 0 Å². The lowest BCUT2D eigenvalue weighted by Crippen LogP contribution is -2.32. The van der Waals surface area contributed by atoms with Crippen molar-refractivity contribution in [3.63, 3.8) is 0 Å². The summed E-state index contributed by atoms with van der Waals surface area (Å²) in [7, 11) is 1.56. The molecule has 3 aromatic rings. The van der Waals surface area contributed by atoms with E-state index in [1.165, 1.54) is 4.57 Å². The highest BCUT2D eigenvalue weighted by Crippen LogP contribution is 2.20. The molecular formula is C20H27N5O4. The van der Waals surface area contributed by atoms with Crippen molar-refractivity contribution in [3.8, 4) is 5.75 Å². The molecule has 0 aliphatic rings. The van der Waals surface area contributed by atoms with Gasteiger partial charge in [-0.25, -0.2) is 4.79 Å². The highest BCUT2D eigenvalue weighted by atomic mass is 16.5. The number of rotatable bonds is 8. The first-order valence-electron chi connectivity index (χ1n) is 9.67. The van der Waals surface area contributed by atoms with Crippen LogP contribution in [0.5, 0.6) is 5.75 Å². The summed E-state index contributed by atoms with van der Waals surface area (Å²) in [4.78, 5) is 33.3. The zero-order chi connectivity index (χ0) is 21.1. The Kier molecular flexibility index (Phi) is 6.07. The lowest BCUT2D eigenvalue weighted by molar-refractivity contribution is 0.0936.